The second-order valence-corrected chi connectivity index (χ2v) is 10.9. The summed E-state index contributed by atoms with van der Waals surface area (Å²) in [7, 11) is 0. The lowest BCUT2D eigenvalue weighted by molar-refractivity contribution is 0.410. The highest BCUT2D eigenvalue weighted by atomic mass is 32.1. The van der Waals surface area contributed by atoms with Crippen molar-refractivity contribution in [2.45, 2.75) is 48.0 Å². The fourth-order valence-corrected chi connectivity index (χ4v) is 5.45. The summed E-state index contributed by atoms with van der Waals surface area (Å²) >= 11 is 1.84. The Bertz CT molecular complexity index is 1430. The van der Waals surface area contributed by atoms with Crippen molar-refractivity contribution in [2.24, 2.45) is 5.41 Å². The van der Waals surface area contributed by atoms with Crippen LogP contribution in [0, 0.1) is 26.2 Å². The number of aromatic nitrogens is 1. The third kappa shape index (κ3) is 3.04. The zero-order valence-corrected chi connectivity index (χ0v) is 19.3. The number of aryl methyl sites for hydroxylation is 3. The molecule has 5 rings (SSSR count). The van der Waals surface area contributed by atoms with E-state index in [1.807, 2.05) is 17.5 Å². The average molecular weight is 414 g/mol. The molecule has 0 amide bonds. The lowest BCUT2D eigenvalue weighted by Gasteiger charge is -2.20. The Balaban J connectivity index is 1.78. The highest BCUT2D eigenvalue weighted by Gasteiger charge is 2.19. The number of rotatable bonds is 2. The number of hydrogen-bond acceptors (Lipinski definition) is 3. The summed E-state index contributed by atoms with van der Waals surface area (Å²) in [5.74, 6) is 0. The fourth-order valence-electron chi connectivity index (χ4n) is 4.38. The van der Waals surface area contributed by atoms with Crippen molar-refractivity contribution < 1.29 is 4.42 Å². The minimum atomic E-state index is 0.231. The zero-order chi connectivity index (χ0) is 21.2. The van der Waals surface area contributed by atoms with Gasteiger partial charge < -0.3 is 4.42 Å². The Morgan fingerprint density at radius 1 is 0.967 bits per heavy atom. The number of thiophene rings is 1. The summed E-state index contributed by atoms with van der Waals surface area (Å²) in [6.45, 7) is 13.4. The molecule has 2 aromatic carbocycles. The van der Waals surface area contributed by atoms with Crippen molar-refractivity contribution in [1.82, 2.24) is 4.98 Å². The molecule has 0 aliphatic carbocycles. The van der Waals surface area contributed by atoms with Gasteiger partial charge in [-0.05, 0) is 73.6 Å². The zero-order valence-electron chi connectivity index (χ0n) is 18.5. The summed E-state index contributed by atoms with van der Waals surface area (Å²) < 4.78 is 7.87. The van der Waals surface area contributed by atoms with E-state index in [4.69, 9.17) is 9.40 Å². The molecule has 0 aliphatic rings. The molecule has 0 bridgehead atoms. The number of benzene rings is 2. The Labute approximate surface area is 181 Å². The Morgan fingerprint density at radius 2 is 1.73 bits per heavy atom. The van der Waals surface area contributed by atoms with Crippen molar-refractivity contribution in [2.75, 3.05) is 0 Å². The molecule has 152 valence electrons. The van der Waals surface area contributed by atoms with E-state index in [1.165, 1.54) is 37.0 Å². The lowest BCUT2D eigenvalue weighted by Crippen LogP contribution is -2.10. The molecule has 0 unspecified atom stereocenters. The van der Waals surface area contributed by atoms with Gasteiger partial charge in [-0.25, -0.2) is 0 Å². The molecule has 0 N–H and O–H groups in total. The third-order valence-electron chi connectivity index (χ3n) is 6.01. The number of hydrogen-bond donors (Lipinski definition) is 0. The van der Waals surface area contributed by atoms with Crippen LogP contribution >= 0.6 is 11.3 Å². The molecule has 3 aromatic heterocycles. The van der Waals surface area contributed by atoms with E-state index in [0.717, 1.165) is 34.2 Å². The van der Waals surface area contributed by atoms with E-state index >= 15 is 0 Å². The lowest BCUT2D eigenvalue weighted by atomic mass is 9.86. The van der Waals surface area contributed by atoms with Crippen molar-refractivity contribution >= 4 is 43.4 Å². The van der Waals surface area contributed by atoms with Crippen LogP contribution in [-0.2, 0) is 6.42 Å². The highest BCUT2D eigenvalue weighted by Crippen LogP contribution is 2.42. The van der Waals surface area contributed by atoms with Gasteiger partial charge in [-0.1, -0.05) is 32.9 Å². The average Bonchev–Trinajstić information content (AvgIpc) is 3.19. The number of fused-ring (bicyclic) bond motifs is 5. The minimum Gasteiger partial charge on any atom is -0.455 e. The monoisotopic (exact) mass is 413 g/mol. The standard InChI is InChI=1S/C27H27NOS/c1-15-14-28-22(12-18(15)13-27(4,5)6)21-9-7-8-19-20-10-11-23-24(16(2)17(3)30-23)26(20)29-25(19)21/h7-12,14H,13H2,1-6H3. The SMILES string of the molecule is Cc1cnc(-c2cccc3c2oc2c3ccc3sc(C)c(C)c32)cc1CC(C)(C)C. The number of nitrogens with zero attached hydrogens (tertiary/aromatic N) is 1. The second-order valence-electron chi connectivity index (χ2n) is 9.62. The number of pyridine rings is 1. The van der Waals surface area contributed by atoms with Gasteiger partial charge in [0.2, 0.25) is 0 Å². The molecule has 0 saturated carbocycles. The Hall–Kier alpha value is -2.65. The predicted molar refractivity (Wildman–Crippen MR) is 130 cm³/mol. The molecule has 2 nitrogen and oxygen atoms in total. The maximum Gasteiger partial charge on any atom is 0.144 e. The van der Waals surface area contributed by atoms with Crippen LogP contribution in [0.15, 0.2) is 47.0 Å². The smallest absolute Gasteiger partial charge is 0.144 e. The molecule has 0 radical (unpaired) electrons. The summed E-state index contributed by atoms with van der Waals surface area (Å²) in [6, 6.07) is 13.1. The molecule has 0 spiro atoms. The minimum absolute atomic E-state index is 0.231. The fraction of sp³-hybridized carbons (Fsp3) is 0.296. The van der Waals surface area contributed by atoms with Crippen LogP contribution in [0.1, 0.15) is 42.3 Å². The maximum atomic E-state index is 6.58. The summed E-state index contributed by atoms with van der Waals surface area (Å²) in [5.41, 5.74) is 8.14. The van der Waals surface area contributed by atoms with Gasteiger partial charge in [-0.3, -0.25) is 4.98 Å². The number of furan rings is 1. The van der Waals surface area contributed by atoms with Gasteiger partial charge in [0.15, 0.2) is 0 Å². The normalized spacial score (nSPS) is 12.5. The van der Waals surface area contributed by atoms with Gasteiger partial charge in [-0.2, -0.15) is 0 Å². The molecule has 3 heterocycles. The molecular formula is C27H27NOS. The van der Waals surface area contributed by atoms with Crippen molar-refractivity contribution in [3.8, 4) is 11.3 Å². The van der Waals surface area contributed by atoms with Crippen LogP contribution < -0.4 is 0 Å². The van der Waals surface area contributed by atoms with Gasteiger partial charge in [0.1, 0.15) is 11.2 Å². The first-order valence-electron chi connectivity index (χ1n) is 10.5. The van der Waals surface area contributed by atoms with Crippen LogP contribution in [0.4, 0.5) is 0 Å². The largest absolute Gasteiger partial charge is 0.455 e. The highest BCUT2D eigenvalue weighted by molar-refractivity contribution is 7.19. The van der Waals surface area contributed by atoms with E-state index in [-0.39, 0.29) is 5.41 Å². The van der Waals surface area contributed by atoms with Gasteiger partial charge in [0, 0.05) is 37.5 Å². The van der Waals surface area contributed by atoms with E-state index in [1.54, 1.807) is 0 Å². The van der Waals surface area contributed by atoms with Crippen LogP contribution in [0.25, 0.3) is 43.3 Å². The Kier molecular flexibility index (Phi) is 4.30. The van der Waals surface area contributed by atoms with Gasteiger partial charge in [-0.15, -0.1) is 11.3 Å². The van der Waals surface area contributed by atoms with E-state index in [2.05, 4.69) is 77.9 Å². The topological polar surface area (TPSA) is 26.0 Å². The van der Waals surface area contributed by atoms with Gasteiger partial charge in [0.25, 0.3) is 0 Å². The molecule has 0 atom stereocenters. The van der Waals surface area contributed by atoms with Gasteiger partial charge in [0.05, 0.1) is 5.69 Å². The van der Waals surface area contributed by atoms with Crippen LogP contribution in [0.5, 0.6) is 0 Å². The maximum absolute atomic E-state index is 6.58. The van der Waals surface area contributed by atoms with Crippen molar-refractivity contribution in [1.29, 1.82) is 0 Å². The van der Waals surface area contributed by atoms with E-state index in [9.17, 15) is 0 Å². The van der Waals surface area contributed by atoms with E-state index in [0.29, 0.717) is 0 Å². The second kappa shape index (κ2) is 6.68. The first-order valence-corrected chi connectivity index (χ1v) is 11.3. The summed E-state index contributed by atoms with van der Waals surface area (Å²) in [5, 5.41) is 3.59. The van der Waals surface area contributed by atoms with Gasteiger partial charge >= 0.3 is 0 Å². The third-order valence-corrected chi connectivity index (χ3v) is 7.18. The molecule has 0 saturated heterocycles. The first kappa shape index (κ1) is 19.3. The molecule has 5 aromatic rings. The van der Waals surface area contributed by atoms with Crippen LogP contribution in [0.2, 0.25) is 0 Å². The number of para-hydroxylation sites is 1. The molecule has 0 aliphatic heterocycles. The van der Waals surface area contributed by atoms with Crippen LogP contribution in [0.3, 0.4) is 0 Å². The van der Waals surface area contributed by atoms with Crippen LogP contribution in [-0.4, -0.2) is 4.98 Å². The molecule has 3 heteroatoms. The summed E-state index contributed by atoms with van der Waals surface area (Å²) in [4.78, 5) is 6.14. The molecular weight excluding hydrogens is 386 g/mol. The molecule has 0 fully saturated rings. The summed E-state index contributed by atoms with van der Waals surface area (Å²) in [6.07, 6.45) is 3.03. The first-order chi connectivity index (χ1) is 14.2. The quantitative estimate of drug-likeness (QED) is 0.290. The Morgan fingerprint density at radius 3 is 2.50 bits per heavy atom. The predicted octanol–water partition coefficient (Wildman–Crippen LogP) is 8.38. The molecule has 30 heavy (non-hydrogen) atoms. The van der Waals surface area contributed by atoms with E-state index < -0.39 is 0 Å². The van der Waals surface area contributed by atoms with Crippen molar-refractivity contribution in [3.05, 3.63) is 64.2 Å². The van der Waals surface area contributed by atoms with Crippen molar-refractivity contribution in [3.63, 3.8) is 0 Å².